The van der Waals surface area contributed by atoms with E-state index in [1.807, 2.05) is 11.9 Å². The molecule has 0 aromatic heterocycles. The molecule has 0 aromatic rings. The van der Waals surface area contributed by atoms with Gasteiger partial charge in [-0.2, -0.15) is 0 Å². The Morgan fingerprint density at radius 2 is 2.06 bits per heavy atom. The number of carbonyl (C=O) groups excluding carboxylic acids is 1. The molecule has 0 aliphatic heterocycles. The van der Waals surface area contributed by atoms with Gasteiger partial charge in [0.1, 0.15) is 0 Å². The van der Waals surface area contributed by atoms with Gasteiger partial charge in [-0.1, -0.05) is 26.2 Å². The van der Waals surface area contributed by atoms with Crippen LogP contribution in [0.5, 0.6) is 0 Å². The van der Waals surface area contributed by atoms with Crippen molar-refractivity contribution >= 4 is 5.91 Å². The van der Waals surface area contributed by atoms with E-state index >= 15 is 0 Å². The maximum absolute atomic E-state index is 12.4. The highest BCUT2D eigenvalue weighted by Crippen LogP contribution is 2.33. The van der Waals surface area contributed by atoms with Gasteiger partial charge < -0.3 is 10.6 Å². The third-order valence-electron chi connectivity index (χ3n) is 4.56. The molecule has 3 nitrogen and oxygen atoms in total. The molecule has 2 N–H and O–H groups in total. The predicted octanol–water partition coefficient (Wildman–Crippen LogP) is 2.15. The highest BCUT2D eigenvalue weighted by Gasteiger charge is 2.40. The third kappa shape index (κ3) is 2.82. The lowest BCUT2D eigenvalue weighted by Gasteiger charge is -2.39. The molecule has 2 unspecified atom stereocenters. The van der Waals surface area contributed by atoms with Crippen LogP contribution in [-0.4, -0.2) is 29.9 Å². The second-order valence-corrected chi connectivity index (χ2v) is 6.34. The summed E-state index contributed by atoms with van der Waals surface area (Å²) in [6.45, 7) is 3.12. The number of hydrogen-bond acceptors (Lipinski definition) is 2. The lowest BCUT2D eigenvalue weighted by Crippen LogP contribution is -2.57. The average Bonchev–Trinajstić information content (AvgIpc) is 2.21. The van der Waals surface area contributed by atoms with Crippen LogP contribution in [0.4, 0.5) is 0 Å². The first-order valence-corrected chi connectivity index (χ1v) is 7.06. The van der Waals surface area contributed by atoms with Crippen molar-refractivity contribution in [1.82, 2.24) is 4.90 Å². The van der Waals surface area contributed by atoms with Gasteiger partial charge in [-0.25, -0.2) is 0 Å². The smallest absolute Gasteiger partial charge is 0.242 e. The quantitative estimate of drug-likeness (QED) is 0.819. The van der Waals surface area contributed by atoms with E-state index in [1.165, 1.54) is 25.7 Å². The first-order chi connectivity index (χ1) is 8.01. The van der Waals surface area contributed by atoms with E-state index in [4.69, 9.17) is 5.73 Å². The molecule has 0 radical (unpaired) electrons. The maximum atomic E-state index is 12.4. The van der Waals surface area contributed by atoms with Crippen molar-refractivity contribution in [3.63, 3.8) is 0 Å². The number of likely N-dealkylation sites (N-methyl/N-ethyl adjacent to an activating group) is 1. The lowest BCUT2D eigenvalue weighted by atomic mass is 9.76. The van der Waals surface area contributed by atoms with Gasteiger partial charge in [-0.3, -0.25) is 4.79 Å². The van der Waals surface area contributed by atoms with Gasteiger partial charge in [0.05, 0.1) is 5.54 Å². The zero-order valence-corrected chi connectivity index (χ0v) is 11.2. The molecule has 1 amide bonds. The second-order valence-electron chi connectivity index (χ2n) is 6.34. The Labute approximate surface area is 105 Å². The summed E-state index contributed by atoms with van der Waals surface area (Å²) < 4.78 is 0. The van der Waals surface area contributed by atoms with Crippen molar-refractivity contribution in [3.05, 3.63) is 0 Å². The number of nitrogens with two attached hydrogens (primary N) is 1. The molecule has 98 valence electrons. The van der Waals surface area contributed by atoms with Crippen LogP contribution in [0.2, 0.25) is 0 Å². The monoisotopic (exact) mass is 238 g/mol. The summed E-state index contributed by atoms with van der Waals surface area (Å²) >= 11 is 0. The fraction of sp³-hybridized carbons (Fsp3) is 0.929. The maximum Gasteiger partial charge on any atom is 0.242 e. The molecule has 0 heterocycles. The summed E-state index contributed by atoms with van der Waals surface area (Å²) in [5.41, 5.74) is 5.76. The largest absolute Gasteiger partial charge is 0.344 e. The van der Waals surface area contributed by atoms with E-state index in [0.717, 1.165) is 31.7 Å². The summed E-state index contributed by atoms with van der Waals surface area (Å²) in [5, 5.41) is 0. The molecule has 17 heavy (non-hydrogen) atoms. The van der Waals surface area contributed by atoms with Crippen LogP contribution in [0.25, 0.3) is 0 Å². The van der Waals surface area contributed by atoms with Gasteiger partial charge in [-0.15, -0.1) is 0 Å². The van der Waals surface area contributed by atoms with Crippen LogP contribution >= 0.6 is 0 Å². The van der Waals surface area contributed by atoms with Crippen molar-refractivity contribution in [2.75, 3.05) is 13.6 Å². The normalized spacial score (nSPS) is 34.2. The molecular formula is C14H26N2O. The fourth-order valence-corrected chi connectivity index (χ4v) is 3.31. The zero-order chi connectivity index (χ0) is 12.5. The van der Waals surface area contributed by atoms with Crippen LogP contribution in [0.3, 0.4) is 0 Å². The summed E-state index contributed by atoms with van der Waals surface area (Å²) in [4.78, 5) is 14.3. The molecule has 0 bridgehead atoms. The molecule has 0 saturated heterocycles. The van der Waals surface area contributed by atoms with E-state index < -0.39 is 5.54 Å². The van der Waals surface area contributed by atoms with Crippen LogP contribution in [-0.2, 0) is 4.79 Å². The van der Waals surface area contributed by atoms with Crippen LogP contribution in [0.1, 0.15) is 51.9 Å². The lowest BCUT2D eigenvalue weighted by molar-refractivity contribution is -0.138. The van der Waals surface area contributed by atoms with E-state index in [-0.39, 0.29) is 5.91 Å². The molecule has 2 rings (SSSR count). The molecule has 2 saturated carbocycles. The minimum atomic E-state index is -0.573. The molecule has 0 aromatic carbocycles. The van der Waals surface area contributed by atoms with Gasteiger partial charge >= 0.3 is 0 Å². The Kier molecular flexibility index (Phi) is 3.76. The number of hydrogen-bond donors (Lipinski definition) is 1. The van der Waals surface area contributed by atoms with Crippen LogP contribution in [0.15, 0.2) is 0 Å². The van der Waals surface area contributed by atoms with Gasteiger partial charge in [0, 0.05) is 13.6 Å². The Bertz CT molecular complexity index is 288. The van der Waals surface area contributed by atoms with Crippen molar-refractivity contribution in [1.29, 1.82) is 0 Å². The fourth-order valence-electron chi connectivity index (χ4n) is 3.31. The zero-order valence-electron chi connectivity index (χ0n) is 11.2. The van der Waals surface area contributed by atoms with Gasteiger partial charge in [0.15, 0.2) is 0 Å². The predicted molar refractivity (Wildman–Crippen MR) is 69.5 cm³/mol. The SMILES string of the molecule is CC1CCCC(N)(C(=O)N(C)CC2CCC2)C1. The molecule has 3 heteroatoms. The van der Waals surface area contributed by atoms with Crippen LogP contribution in [0, 0.1) is 11.8 Å². The van der Waals surface area contributed by atoms with Crippen molar-refractivity contribution < 1.29 is 4.79 Å². The Morgan fingerprint density at radius 1 is 1.35 bits per heavy atom. The first kappa shape index (κ1) is 12.9. The molecule has 2 fully saturated rings. The highest BCUT2D eigenvalue weighted by atomic mass is 16.2. The number of nitrogens with zero attached hydrogens (tertiary/aromatic N) is 1. The third-order valence-corrected chi connectivity index (χ3v) is 4.56. The van der Waals surface area contributed by atoms with Gasteiger partial charge in [-0.05, 0) is 37.5 Å². The van der Waals surface area contributed by atoms with Crippen LogP contribution < -0.4 is 5.73 Å². The highest BCUT2D eigenvalue weighted by molar-refractivity contribution is 5.86. The summed E-state index contributed by atoms with van der Waals surface area (Å²) in [7, 11) is 1.93. The molecule has 2 aliphatic rings. The average molecular weight is 238 g/mol. The summed E-state index contributed by atoms with van der Waals surface area (Å²) in [5.74, 6) is 1.50. The van der Waals surface area contributed by atoms with Crippen molar-refractivity contribution in [2.24, 2.45) is 17.6 Å². The number of carbonyl (C=O) groups is 1. The van der Waals surface area contributed by atoms with E-state index in [1.54, 1.807) is 0 Å². The Balaban J connectivity index is 1.92. The van der Waals surface area contributed by atoms with Crippen molar-refractivity contribution in [3.8, 4) is 0 Å². The first-order valence-electron chi connectivity index (χ1n) is 7.06. The standard InChI is InChI=1S/C14H26N2O/c1-11-5-4-8-14(15,9-11)13(17)16(2)10-12-6-3-7-12/h11-12H,3-10,15H2,1-2H3. The Hall–Kier alpha value is -0.570. The minimum absolute atomic E-state index is 0.177. The Morgan fingerprint density at radius 3 is 2.59 bits per heavy atom. The molecule has 0 spiro atoms. The molecule has 2 atom stereocenters. The topological polar surface area (TPSA) is 46.3 Å². The number of rotatable bonds is 3. The summed E-state index contributed by atoms with van der Waals surface area (Å²) in [6.07, 6.45) is 7.94. The van der Waals surface area contributed by atoms with Crippen molar-refractivity contribution in [2.45, 2.75) is 57.4 Å². The molecule has 2 aliphatic carbocycles. The molecular weight excluding hydrogens is 212 g/mol. The van der Waals surface area contributed by atoms with Gasteiger partial charge in [0.2, 0.25) is 5.91 Å². The summed E-state index contributed by atoms with van der Waals surface area (Å²) in [6, 6.07) is 0. The van der Waals surface area contributed by atoms with E-state index in [0.29, 0.717) is 5.92 Å². The minimum Gasteiger partial charge on any atom is -0.344 e. The van der Waals surface area contributed by atoms with E-state index in [2.05, 4.69) is 6.92 Å². The van der Waals surface area contributed by atoms with Gasteiger partial charge in [0.25, 0.3) is 0 Å². The number of amides is 1. The second kappa shape index (κ2) is 4.97. The van der Waals surface area contributed by atoms with E-state index in [9.17, 15) is 4.79 Å².